The highest BCUT2D eigenvalue weighted by Gasteiger charge is 2.32. The van der Waals surface area contributed by atoms with Crippen LogP contribution >= 0.6 is 11.6 Å². The normalized spacial score (nSPS) is 11.8. The minimum atomic E-state index is -0.954. The van der Waals surface area contributed by atoms with Crippen molar-refractivity contribution in [2.45, 2.75) is 45.6 Å². The highest BCUT2D eigenvalue weighted by molar-refractivity contribution is 6.30. The first-order valence-electron chi connectivity index (χ1n) is 8.36. The van der Waals surface area contributed by atoms with E-state index >= 15 is 0 Å². The number of halogens is 2. The fourth-order valence-corrected chi connectivity index (χ4v) is 2.54. The summed E-state index contributed by atoms with van der Waals surface area (Å²) in [7, 11) is 0. The molecule has 2 rings (SSSR count). The molecule has 0 fully saturated rings. The molecule has 0 atom stereocenters. The van der Waals surface area contributed by atoms with Gasteiger partial charge in [-0.05, 0) is 64.4 Å². The van der Waals surface area contributed by atoms with E-state index in [4.69, 9.17) is 16.3 Å². The Bertz CT molecular complexity index is 859. The molecular weight excluding hydrogens is 371 g/mol. The lowest BCUT2D eigenvalue weighted by atomic mass is 9.79. The highest BCUT2D eigenvalue weighted by Crippen LogP contribution is 2.30. The smallest absolute Gasteiger partial charge is 0.412 e. The predicted octanol–water partition coefficient (Wildman–Crippen LogP) is 5.38. The van der Waals surface area contributed by atoms with Crippen LogP contribution in [0.5, 0.6) is 0 Å². The van der Waals surface area contributed by atoms with E-state index in [9.17, 15) is 14.0 Å². The number of carbonyl (C=O) groups excluding carboxylic acids is 2. The van der Waals surface area contributed by atoms with E-state index in [2.05, 4.69) is 10.3 Å². The Kier molecular flexibility index (Phi) is 5.90. The van der Waals surface area contributed by atoms with Gasteiger partial charge in [-0.15, -0.1) is 0 Å². The van der Waals surface area contributed by atoms with Gasteiger partial charge in [-0.3, -0.25) is 15.1 Å². The molecule has 144 valence electrons. The molecule has 0 saturated carbocycles. The average molecular weight is 393 g/mol. The molecule has 0 aliphatic carbocycles. The molecule has 0 radical (unpaired) electrons. The van der Waals surface area contributed by atoms with Crippen molar-refractivity contribution < 1.29 is 18.7 Å². The average Bonchev–Trinajstić information content (AvgIpc) is 2.55. The quantitative estimate of drug-likeness (QED) is 0.709. The van der Waals surface area contributed by atoms with Gasteiger partial charge in [0.05, 0.1) is 22.3 Å². The highest BCUT2D eigenvalue weighted by atomic mass is 35.5. The number of nitrogens with one attached hydrogen (secondary N) is 1. The van der Waals surface area contributed by atoms with Crippen LogP contribution in [0.1, 0.15) is 50.7 Å². The van der Waals surface area contributed by atoms with Crippen molar-refractivity contribution >= 4 is 29.2 Å². The van der Waals surface area contributed by atoms with Gasteiger partial charge < -0.3 is 4.74 Å². The van der Waals surface area contributed by atoms with Gasteiger partial charge in [-0.1, -0.05) is 17.7 Å². The molecule has 1 heterocycles. The van der Waals surface area contributed by atoms with Gasteiger partial charge in [0.2, 0.25) is 0 Å². The van der Waals surface area contributed by atoms with Crippen LogP contribution in [0.2, 0.25) is 5.02 Å². The summed E-state index contributed by atoms with van der Waals surface area (Å²) in [5, 5.41) is 2.51. The second kappa shape index (κ2) is 7.64. The largest absolute Gasteiger partial charge is 0.444 e. The molecule has 1 amide bonds. The van der Waals surface area contributed by atoms with E-state index in [0.29, 0.717) is 11.3 Å². The second-order valence-corrected chi connectivity index (χ2v) is 8.05. The van der Waals surface area contributed by atoms with Crippen LogP contribution in [-0.2, 0) is 10.2 Å². The third-order valence-electron chi connectivity index (χ3n) is 3.85. The lowest BCUT2D eigenvalue weighted by Gasteiger charge is -2.23. The molecule has 0 unspecified atom stereocenters. The molecule has 2 aromatic rings. The monoisotopic (exact) mass is 392 g/mol. The topological polar surface area (TPSA) is 68.3 Å². The summed E-state index contributed by atoms with van der Waals surface area (Å²) < 4.78 is 18.6. The number of aromatic nitrogens is 1. The molecule has 1 aromatic carbocycles. The van der Waals surface area contributed by atoms with Crippen LogP contribution in [0.4, 0.5) is 14.9 Å². The molecule has 0 spiro atoms. The van der Waals surface area contributed by atoms with E-state index in [-0.39, 0.29) is 16.5 Å². The van der Waals surface area contributed by atoms with Gasteiger partial charge in [-0.2, -0.15) is 0 Å². The maximum absolute atomic E-state index is 13.4. The van der Waals surface area contributed by atoms with Crippen molar-refractivity contribution in [1.29, 1.82) is 0 Å². The van der Waals surface area contributed by atoms with Gasteiger partial charge in [0, 0.05) is 0 Å². The van der Waals surface area contributed by atoms with E-state index < -0.39 is 22.9 Å². The zero-order chi connectivity index (χ0) is 20.4. The number of rotatable bonds is 4. The number of nitrogens with zero attached hydrogens (tertiary/aromatic N) is 1. The van der Waals surface area contributed by atoms with Crippen molar-refractivity contribution in [3.8, 4) is 0 Å². The zero-order valence-corrected chi connectivity index (χ0v) is 16.6. The van der Waals surface area contributed by atoms with E-state index in [1.807, 2.05) is 0 Å². The molecule has 27 heavy (non-hydrogen) atoms. The number of ketones is 1. The summed E-state index contributed by atoms with van der Waals surface area (Å²) in [6, 6.07) is 7.28. The molecule has 7 heteroatoms. The Hall–Kier alpha value is -2.47. The van der Waals surface area contributed by atoms with Gasteiger partial charge in [0.25, 0.3) is 0 Å². The van der Waals surface area contributed by atoms with Gasteiger partial charge in [-0.25, -0.2) is 9.18 Å². The number of amides is 1. The summed E-state index contributed by atoms with van der Waals surface area (Å²) in [5.74, 6) is -0.798. The number of anilines is 1. The van der Waals surface area contributed by atoms with Crippen LogP contribution in [0.25, 0.3) is 0 Å². The van der Waals surface area contributed by atoms with Crippen molar-refractivity contribution in [2.75, 3.05) is 5.32 Å². The Balaban J connectivity index is 2.16. The molecular formula is C20H22ClFN2O3. The van der Waals surface area contributed by atoms with Crippen LogP contribution < -0.4 is 5.32 Å². The van der Waals surface area contributed by atoms with E-state index in [0.717, 1.165) is 0 Å². The number of carbonyl (C=O) groups is 2. The van der Waals surface area contributed by atoms with Gasteiger partial charge in [0.15, 0.2) is 5.78 Å². The number of pyridine rings is 1. The third kappa shape index (κ3) is 5.26. The van der Waals surface area contributed by atoms with Crippen molar-refractivity contribution in [3.05, 3.63) is 58.6 Å². The molecule has 0 saturated heterocycles. The van der Waals surface area contributed by atoms with E-state index in [1.54, 1.807) is 40.7 Å². The number of ether oxygens (including phenoxy) is 1. The van der Waals surface area contributed by atoms with Gasteiger partial charge >= 0.3 is 6.09 Å². The standard InChI is InChI=1S/C20H22ClFN2O3/c1-19(2,3)27-18(26)24-13-7-9-16(23-11-13)17(25)20(4,5)12-6-8-15(22)14(21)10-12/h6-11H,1-5H3,(H,24,26). The molecule has 5 nitrogen and oxygen atoms in total. The van der Waals surface area contributed by atoms with E-state index in [1.165, 1.54) is 30.5 Å². The predicted molar refractivity (Wildman–Crippen MR) is 103 cm³/mol. The Labute approximate surface area is 162 Å². The zero-order valence-electron chi connectivity index (χ0n) is 15.9. The first kappa shape index (κ1) is 20.8. The van der Waals surface area contributed by atoms with Crippen LogP contribution in [-0.4, -0.2) is 22.5 Å². The maximum atomic E-state index is 13.4. The fourth-order valence-electron chi connectivity index (χ4n) is 2.36. The fraction of sp³-hybridized carbons (Fsp3) is 0.350. The second-order valence-electron chi connectivity index (χ2n) is 7.64. The van der Waals surface area contributed by atoms with Gasteiger partial charge in [0.1, 0.15) is 17.1 Å². The van der Waals surface area contributed by atoms with Crippen LogP contribution in [0, 0.1) is 5.82 Å². The summed E-state index contributed by atoms with van der Waals surface area (Å²) in [6.07, 6.45) is 0.773. The lowest BCUT2D eigenvalue weighted by Crippen LogP contribution is -2.30. The maximum Gasteiger partial charge on any atom is 0.412 e. The summed E-state index contributed by atoms with van der Waals surface area (Å²) in [5.41, 5.74) is -0.367. The molecule has 1 aromatic heterocycles. The van der Waals surface area contributed by atoms with Crippen molar-refractivity contribution in [1.82, 2.24) is 4.98 Å². The summed E-state index contributed by atoms with van der Waals surface area (Å²) in [6.45, 7) is 8.71. The Morgan fingerprint density at radius 1 is 1.11 bits per heavy atom. The Morgan fingerprint density at radius 2 is 1.78 bits per heavy atom. The number of hydrogen-bond donors (Lipinski definition) is 1. The lowest BCUT2D eigenvalue weighted by molar-refractivity contribution is 0.0635. The minimum absolute atomic E-state index is 0.0433. The first-order valence-corrected chi connectivity index (χ1v) is 8.74. The van der Waals surface area contributed by atoms with Crippen molar-refractivity contribution in [3.63, 3.8) is 0 Å². The molecule has 0 aliphatic rings. The molecule has 0 aliphatic heterocycles. The first-order chi connectivity index (χ1) is 12.4. The number of benzene rings is 1. The number of Topliss-reactive ketones (excluding diaryl/α,β-unsaturated/α-hetero) is 1. The van der Waals surface area contributed by atoms with Crippen LogP contribution in [0.15, 0.2) is 36.5 Å². The summed E-state index contributed by atoms with van der Waals surface area (Å²) >= 11 is 5.83. The number of hydrogen-bond acceptors (Lipinski definition) is 4. The molecule has 1 N–H and O–H groups in total. The summed E-state index contributed by atoms with van der Waals surface area (Å²) in [4.78, 5) is 28.8. The third-order valence-corrected chi connectivity index (χ3v) is 4.14. The van der Waals surface area contributed by atoms with Crippen LogP contribution in [0.3, 0.4) is 0 Å². The van der Waals surface area contributed by atoms with Crippen molar-refractivity contribution in [2.24, 2.45) is 0 Å². The minimum Gasteiger partial charge on any atom is -0.444 e. The Morgan fingerprint density at radius 3 is 2.30 bits per heavy atom. The SMILES string of the molecule is CC(C)(C)OC(=O)Nc1ccc(C(=O)C(C)(C)c2ccc(F)c(Cl)c2)nc1. The molecule has 0 bridgehead atoms.